The van der Waals surface area contributed by atoms with Crippen molar-refractivity contribution in [1.29, 1.82) is 0 Å². The molecule has 0 aliphatic carbocycles. The molecule has 0 amide bonds. The minimum Gasteiger partial charge on any atom is -0.467 e. The van der Waals surface area contributed by atoms with Crippen LogP contribution in [0.5, 0.6) is 5.75 Å². The van der Waals surface area contributed by atoms with Crippen LogP contribution in [0.25, 0.3) is 0 Å². The number of rotatable bonds is 10. The third kappa shape index (κ3) is 4.91. The Morgan fingerprint density at radius 3 is 2.50 bits per heavy atom. The summed E-state index contributed by atoms with van der Waals surface area (Å²) in [4.78, 5) is 5.69. The van der Waals surface area contributed by atoms with Gasteiger partial charge in [0.05, 0.1) is 12.6 Å². The molecule has 128 valence electrons. The van der Waals surface area contributed by atoms with Crippen molar-refractivity contribution in [3.8, 4) is 5.75 Å². The summed E-state index contributed by atoms with van der Waals surface area (Å²) in [6, 6.07) is 16.8. The van der Waals surface area contributed by atoms with Crippen molar-refractivity contribution >= 4 is 0 Å². The van der Waals surface area contributed by atoms with Gasteiger partial charge in [-0.2, -0.15) is 5.48 Å². The van der Waals surface area contributed by atoms with E-state index >= 15 is 0 Å². The van der Waals surface area contributed by atoms with Crippen molar-refractivity contribution in [2.45, 2.75) is 12.1 Å². The molecule has 0 aromatic heterocycles. The molecule has 0 fully saturated rings. The van der Waals surface area contributed by atoms with Crippen molar-refractivity contribution in [2.75, 3.05) is 20.5 Å². The van der Waals surface area contributed by atoms with Gasteiger partial charge in [-0.3, -0.25) is 4.84 Å². The molecule has 0 unspecified atom stereocenters. The van der Waals surface area contributed by atoms with Crippen LogP contribution in [0.15, 0.2) is 67.3 Å². The van der Waals surface area contributed by atoms with Crippen LogP contribution < -0.4 is 10.2 Å². The van der Waals surface area contributed by atoms with Crippen molar-refractivity contribution in [2.24, 2.45) is 0 Å². The quantitative estimate of drug-likeness (QED) is 0.398. The van der Waals surface area contributed by atoms with Crippen LogP contribution in [0.4, 0.5) is 0 Å². The molecule has 5 nitrogen and oxygen atoms in total. The van der Waals surface area contributed by atoms with Crippen molar-refractivity contribution in [3.05, 3.63) is 78.4 Å². The van der Waals surface area contributed by atoms with Gasteiger partial charge in [0.25, 0.3) is 0 Å². The smallest absolute Gasteiger partial charge is 0.188 e. The fourth-order valence-electron chi connectivity index (χ4n) is 2.26. The topological polar surface area (TPSA) is 60.0 Å². The zero-order valence-electron chi connectivity index (χ0n) is 13.7. The first-order chi connectivity index (χ1) is 11.8. The molecule has 0 saturated heterocycles. The van der Waals surface area contributed by atoms with Crippen LogP contribution in [0.1, 0.15) is 23.3 Å². The first-order valence-corrected chi connectivity index (χ1v) is 7.70. The predicted octanol–water partition coefficient (Wildman–Crippen LogP) is 3.15. The standard InChI is InChI=1S/C19H23NO4/c1-3-17(16-11-7-8-12-18(16)23-14-22-2)20-24-19(13-21)15-9-5-4-6-10-15/h3-12,17,19-21H,1,13-14H2,2H3/t17-,19-/m1/s1. The van der Waals surface area contributed by atoms with E-state index in [1.54, 1.807) is 13.2 Å². The second-order valence-corrected chi connectivity index (χ2v) is 5.12. The molecule has 0 aliphatic rings. The molecule has 0 spiro atoms. The summed E-state index contributed by atoms with van der Waals surface area (Å²) in [7, 11) is 1.57. The van der Waals surface area contributed by atoms with Gasteiger partial charge in [-0.1, -0.05) is 54.6 Å². The Labute approximate surface area is 142 Å². The van der Waals surface area contributed by atoms with E-state index in [-0.39, 0.29) is 19.4 Å². The van der Waals surface area contributed by atoms with Crippen LogP contribution >= 0.6 is 0 Å². The van der Waals surface area contributed by atoms with Crippen LogP contribution in [-0.4, -0.2) is 25.6 Å². The SMILES string of the molecule is C=C[C@@H](NO[C@H](CO)c1ccccc1)c1ccccc1OCOC. The van der Waals surface area contributed by atoms with Gasteiger partial charge in [0.1, 0.15) is 11.9 Å². The summed E-state index contributed by atoms with van der Waals surface area (Å²) >= 11 is 0. The Hall–Kier alpha value is -2.18. The lowest BCUT2D eigenvalue weighted by atomic mass is 10.1. The minimum absolute atomic E-state index is 0.136. The van der Waals surface area contributed by atoms with E-state index in [4.69, 9.17) is 14.3 Å². The zero-order valence-corrected chi connectivity index (χ0v) is 13.7. The summed E-state index contributed by atoms with van der Waals surface area (Å²) in [5.74, 6) is 0.681. The highest BCUT2D eigenvalue weighted by Crippen LogP contribution is 2.27. The lowest BCUT2D eigenvalue weighted by Crippen LogP contribution is -2.25. The highest BCUT2D eigenvalue weighted by molar-refractivity contribution is 5.37. The van der Waals surface area contributed by atoms with Crippen molar-refractivity contribution in [1.82, 2.24) is 5.48 Å². The second-order valence-electron chi connectivity index (χ2n) is 5.12. The van der Waals surface area contributed by atoms with Gasteiger partial charge in [-0.15, -0.1) is 6.58 Å². The van der Waals surface area contributed by atoms with E-state index in [0.29, 0.717) is 5.75 Å². The number of para-hydroxylation sites is 1. The molecule has 2 N–H and O–H groups in total. The second kappa shape index (κ2) is 9.85. The fraction of sp³-hybridized carbons (Fsp3) is 0.263. The molecular formula is C19H23NO4. The van der Waals surface area contributed by atoms with E-state index in [2.05, 4.69) is 12.1 Å². The highest BCUT2D eigenvalue weighted by atomic mass is 16.7. The number of benzene rings is 2. The maximum absolute atomic E-state index is 9.57. The van der Waals surface area contributed by atoms with Gasteiger partial charge >= 0.3 is 0 Å². The highest BCUT2D eigenvalue weighted by Gasteiger charge is 2.17. The Morgan fingerprint density at radius 1 is 1.12 bits per heavy atom. The van der Waals surface area contributed by atoms with Crippen LogP contribution in [0.3, 0.4) is 0 Å². The molecule has 2 rings (SSSR count). The average molecular weight is 329 g/mol. The lowest BCUT2D eigenvalue weighted by molar-refractivity contribution is -0.0633. The minimum atomic E-state index is -0.472. The van der Waals surface area contributed by atoms with Gasteiger partial charge in [-0.05, 0) is 11.6 Å². The number of nitrogens with one attached hydrogen (secondary N) is 1. The first-order valence-electron chi connectivity index (χ1n) is 7.70. The van der Waals surface area contributed by atoms with Gasteiger partial charge in [0.2, 0.25) is 0 Å². The third-order valence-corrected chi connectivity index (χ3v) is 3.50. The Balaban J connectivity index is 2.08. The van der Waals surface area contributed by atoms with Gasteiger partial charge < -0.3 is 14.6 Å². The van der Waals surface area contributed by atoms with Gasteiger partial charge in [0.15, 0.2) is 6.79 Å². The van der Waals surface area contributed by atoms with Gasteiger partial charge in [-0.25, -0.2) is 0 Å². The van der Waals surface area contributed by atoms with Crippen LogP contribution in [0.2, 0.25) is 0 Å². The summed E-state index contributed by atoms with van der Waals surface area (Å²) in [5, 5.41) is 9.57. The summed E-state index contributed by atoms with van der Waals surface area (Å²) < 4.78 is 10.5. The predicted molar refractivity (Wildman–Crippen MR) is 92.4 cm³/mol. The largest absolute Gasteiger partial charge is 0.467 e. The van der Waals surface area contributed by atoms with E-state index in [1.807, 2.05) is 54.6 Å². The van der Waals surface area contributed by atoms with Crippen molar-refractivity contribution in [3.63, 3.8) is 0 Å². The number of aliphatic hydroxyl groups is 1. The molecule has 0 aliphatic heterocycles. The third-order valence-electron chi connectivity index (χ3n) is 3.50. The lowest BCUT2D eigenvalue weighted by Gasteiger charge is -2.22. The van der Waals surface area contributed by atoms with E-state index < -0.39 is 6.10 Å². The maximum Gasteiger partial charge on any atom is 0.188 e. The summed E-state index contributed by atoms with van der Waals surface area (Å²) in [6.45, 7) is 3.87. The molecule has 24 heavy (non-hydrogen) atoms. The number of hydrogen-bond donors (Lipinski definition) is 2. The van der Waals surface area contributed by atoms with Gasteiger partial charge in [0, 0.05) is 12.7 Å². The molecular weight excluding hydrogens is 306 g/mol. The van der Waals surface area contributed by atoms with Crippen LogP contribution in [0, 0.1) is 0 Å². The zero-order chi connectivity index (χ0) is 17.2. The molecule has 2 aromatic rings. The first kappa shape index (κ1) is 18.2. The average Bonchev–Trinajstić information content (AvgIpc) is 2.65. The van der Waals surface area contributed by atoms with E-state index in [0.717, 1.165) is 11.1 Å². The molecule has 0 heterocycles. The number of aliphatic hydroxyl groups excluding tert-OH is 1. The monoisotopic (exact) mass is 329 g/mol. The number of hydrogen-bond acceptors (Lipinski definition) is 5. The Morgan fingerprint density at radius 2 is 1.83 bits per heavy atom. The molecule has 2 aromatic carbocycles. The van der Waals surface area contributed by atoms with E-state index in [9.17, 15) is 5.11 Å². The normalized spacial score (nSPS) is 13.2. The van der Waals surface area contributed by atoms with E-state index in [1.165, 1.54) is 0 Å². The fourth-order valence-corrected chi connectivity index (χ4v) is 2.26. The number of ether oxygens (including phenoxy) is 2. The molecule has 0 radical (unpaired) electrons. The Bertz CT molecular complexity index is 618. The number of hydroxylamine groups is 1. The van der Waals surface area contributed by atoms with Crippen LogP contribution in [-0.2, 0) is 9.57 Å². The molecule has 5 heteroatoms. The number of methoxy groups -OCH3 is 1. The maximum atomic E-state index is 9.57. The Kier molecular flexibility index (Phi) is 7.45. The molecule has 0 saturated carbocycles. The molecule has 2 atom stereocenters. The summed E-state index contributed by atoms with van der Waals surface area (Å²) in [5.41, 5.74) is 4.71. The molecule has 0 bridgehead atoms. The summed E-state index contributed by atoms with van der Waals surface area (Å²) in [6.07, 6.45) is 1.25. The van der Waals surface area contributed by atoms with Crippen molar-refractivity contribution < 1.29 is 19.4 Å².